The molecule has 8 aromatic rings. The minimum absolute atomic E-state index is 0.0527. The van der Waals surface area contributed by atoms with E-state index in [4.69, 9.17) is 0 Å². The Labute approximate surface area is 275 Å². The monoisotopic (exact) mass is 633 g/mol. The molecule has 0 radical (unpaired) electrons. The highest BCUT2D eigenvalue weighted by molar-refractivity contribution is 6.11. The Morgan fingerprint density at radius 1 is 0.521 bits per heavy atom. The van der Waals surface area contributed by atoms with Crippen LogP contribution in [-0.4, -0.2) is 9.13 Å². The van der Waals surface area contributed by atoms with E-state index in [1.165, 1.54) is 12.1 Å². The molecule has 0 unspecified atom stereocenters. The largest absolute Gasteiger partial charge is 0.417 e. The first-order valence-corrected chi connectivity index (χ1v) is 15.8. The van der Waals surface area contributed by atoms with E-state index in [9.17, 15) is 18.4 Å². The number of fused-ring (bicyclic) bond motifs is 6. The molecule has 0 fully saturated rings. The average molecular weight is 634 g/mol. The van der Waals surface area contributed by atoms with Gasteiger partial charge in [-0.2, -0.15) is 18.4 Å². The van der Waals surface area contributed by atoms with Gasteiger partial charge in [0.2, 0.25) is 0 Å². The number of rotatable bonds is 3. The summed E-state index contributed by atoms with van der Waals surface area (Å²) in [6, 6.07) is 36.4. The number of aromatic nitrogens is 2. The predicted octanol–water partition coefficient (Wildman–Crippen LogP) is 11.7. The van der Waals surface area contributed by atoms with Crippen molar-refractivity contribution in [3.05, 3.63) is 143 Å². The Hall–Kier alpha value is -5.80. The first-order valence-electron chi connectivity index (χ1n) is 15.8. The molecule has 0 spiro atoms. The van der Waals surface area contributed by atoms with Crippen LogP contribution in [0.1, 0.15) is 33.4 Å². The maximum atomic E-state index is 14.5. The molecule has 2 aromatic heterocycles. The number of hydrogen-bond acceptors (Lipinski definition) is 1. The lowest BCUT2D eigenvalue weighted by Crippen LogP contribution is -2.09. The fourth-order valence-electron chi connectivity index (χ4n) is 7.24. The van der Waals surface area contributed by atoms with Gasteiger partial charge in [0.1, 0.15) is 11.6 Å². The molecule has 0 saturated carbocycles. The molecule has 0 bridgehead atoms. The summed E-state index contributed by atoms with van der Waals surface area (Å²) in [5.74, 6) is 0. The van der Waals surface area contributed by atoms with Gasteiger partial charge in [0, 0.05) is 21.5 Å². The molecule has 234 valence electrons. The first kappa shape index (κ1) is 29.6. The van der Waals surface area contributed by atoms with Gasteiger partial charge in [0.25, 0.3) is 0 Å². The van der Waals surface area contributed by atoms with Crippen molar-refractivity contribution in [1.29, 1.82) is 5.26 Å². The molecule has 0 saturated heterocycles. The molecule has 0 aliphatic heterocycles. The van der Waals surface area contributed by atoms with E-state index in [1.807, 2.05) is 85.4 Å². The summed E-state index contributed by atoms with van der Waals surface area (Å²) < 4.78 is 47.7. The van der Waals surface area contributed by atoms with Gasteiger partial charge in [0.05, 0.1) is 39.0 Å². The Morgan fingerprint density at radius 2 is 0.896 bits per heavy atom. The van der Waals surface area contributed by atoms with Crippen LogP contribution in [0.3, 0.4) is 0 Å². The van der Waals surface area contributed by atoms with Crippen molar-refractivity contribution in [3.63, 3.8) is 0 Å². The van der Waals surface area contributed by atoms with Crippen LogP contribution in [0.25, 0.3) is 66.1 Å². The van der Waals surface area contributed by atoms with E-state index in [0.29, 0.717) is 22.5 Å². The van der Waals surface area contributed by atoms with Crippen LogP contribution in [-0.2, 0) is 6.18 Å². The van der Waals surface area contributed by atoms with Crippen molar-refractivity contribution in [2.45, 2.75) is 33.9 Å². The minimum atomic E-state index is -4.57. The van der Waals surface area contributed by atoms with E-state index in [-0.39, 0.29) is 5.56 Å². The molecular weight excluding hydrogens is 603 g/mol. The van der Waals surface area contributed by atoms with Crippen molar-refractivity contribution < 1.29 is 13.2 Å². The fourth-order valence-corrected chi connectivity index (χ4v) is 7.24. The Balaban J connectivity index is 1.58. The Morgan fingerprint density at radius 3 is 1.25 bits per heavy atom. The molecule has 0 N–H and O–H groups in total. The molecule has 0 atom stereocenters. The van der Waals surface area contributed by atoms with Crippen LogP contribution in [0.5, 0.6) is 0 Å². The van der Waals surface area contributed by atoms with Crippen molar-refractivity contribution in [3.8, 4) is 28.6 Å². The third kappa shape index (κ3) is 4.50. The zero-order valence-electron chi connectivity index (χ0n) is 26.9. The lowest BCUT2D eigenvalue weighted by atomic mass is 9.96. The molecule has 6 aromatic carbocycles. The molecule has 0 amide bonds. The van der Waals surface area contributed by atoms with E-state index >= 15 is 0 Å². The summed E-state index contributed by atoms with van der Waals surface area (Å²) in [4.78, 5) is 0. The quantitative estimate of drug-likeness (QED) is 0.191. The Bertz CT molecular complexity index is 2400. The lowest BCUT2D eigenvalue weighted by molar-refractivity contribution is -0.137. The summed E-state index contributed by atoms with van der Waals surface area (Å²) in [7, 11) is 0. The van der Waals surface area contributed by atoms with Crippen LogP contribution in [0.15, 0.2) is 109 Å². The second-order valence-corrected chi connectivity index (χ2v) is 12.8. The van der Waals surface area contributed by atoms with Gasteiger partial charge < -0.3 is 9.13 Å². The topological polar surface area (TPSA) is 33.6 Å². The molecule has 6 heteroatoms. The second-order valence-electron chi connectivity index (χ2n) is 12.8. The Kier molecular flexibility index (Phi) is 6.54. The zero-order chi connectivity index (χ0) is 33.5. The van der Waals surface area contributed by atoms with Crippen molar-refractivity contribution in [2.75, 3.05) is 0 Å². The lowest BCUT2D eigenvalue weighted by Gasteiger charge is -2.20. The van der Waals surface area contributed by atoms with Gasteiger partial charge in [-0.1, -0.05) is 64.7 Å². The SMILES string of the molecule is Cc1ccc2c(c1)c1cc(C)ccc1n2-c1cc(-c2ccccc2C(F)(F)F)cc(-n2c3ccc(C)cc3c3cc(C)ccc32)c1C#N. The molecule has 0 aliphatic rings. The highest BCUT2D eigenvalue weighted by atomic mass is 19.4. The molecule has 0 aliphatic carbocycles. The van der Waals surface area contributed by atoms with Crippen LogP contribution in [0, 0.1) is 39.0 Å². The van der Waals surface area contributed by atoms with Crippen molar-refractivity contribution >= 4 is 43.6 Å². The first-order chi connectivity index (χ1) is 23.0. The molecule has 3 nitrogen and oxygen atoms in total. The molecule has 48 heavy (non-hydrogen) atoms. The van der Waals surface area contributed by atoms with Crippen LogP contribution < -0.4 is 0 Å². The number of benzene rings is 6. The number of halogens is 3. The highest BCUT2D eigenvalue weighted by Crippen LogP contribution is 2.43. The number of nitrogens with zero attached hydrogens (tertiary/aromatic N) is 3. The highest BCUT2D eigenvalue weighted by Gasteiger charge is 2.34. The average Bonchev–Trinajstić information content (AvgIpc) is 3.54. The normalized spacial score (nSPS) is 12.0. The third-order valence-electron chi connectivity index (χ3n) is 9.39. The summed E-state index contributed by atoms with van der Waals surface area (Å²) in [6.07, 6.45) is -4.57. The molecule has 2 heterocycles. The van der Waals surface area contributed by atoms with Gasteiger partial charge >= 0.3 is 6.18 Å². The standard InChI is InChI=1S/C42H30F3N3/c1-24-9-13-36-30(17-24)31-18-25(2)10-14-37(31)47(36)40-21-28(29-7-5-6-8-35(29)42(43,44)45)22-41(34(40)23-46)48-38-15-11-26(3)19-32(38)33-20-27(4)12-16-39(33)48/h5-22H,1-4H3. The van der Waals surface area contributed by atoms with Gasteiger partial charge in [-0.25, -0.2) is 0 Å². The summed E-state index contributed by atoms with van der Waals surface area (Å²) in [5, 5.41) is 15.1. The summed E-state index contributed by atoms with van der Waals surface area (Å²) in [6.45, 7) is 8.16. The number of alkyl halides is 3. The van der Waals surface area contributed by atoms with E-state index < -0.39 is 11.7 Å². The summed E-state index contributed by atoms with van der Waals surface area (Å²) >= 11 is 0. The number of hydrogen-bond donors (Lipinski definition) is 0. The van der Waals surface area contributed by atoms with Crippen molar-refractivity contribution in [2.24, 2.45) is 0 Å². The van der Waals surface area contributed by atoms with Gasteiger partial charge in [-0.15, -0.1) is 0 Å². The van der Waals surface area contributed by atoms with Crippen LogP contribution in [0.2, 0.25) is 0 Å². The fraction of sp³-hybridized carbons (Fsp3) is 0.119. The maximum Gasteiger partial charge on any atom is 0.417 e. The van der Waals surface area contributed by atoms with Gasteiger partial charge in [0.15, 0.2) is 0 Å². The van der Waals surface area contributed by atoms with E-state index in [2.05, 4.69) is 30.3 Å². The van der Waals surface area contributed by atoms with Gasteiger partial charge in [-0.3, -0.25) is 0 Å². The van der Waals surface area contributed by atoms with Crippen molar-refractivity contribution in [1.82, 2.24) is 9.13 Å². The molecular formula is C42H30F3N3. The smallest absolute Gasteiger partial charge is 0.308 e. The van der Waals surface area contributed by atoms with Crippen LogP contribution in [0.4, 0.5) is 13.2 Å². The molecule has 8 rings (SSSR count). The van der Waals surface area contributed by atoms with Crippen LogP contribution >= 0.6 is 0 Å². The predicted molar refractivity (Wildman–Crippen MR) is 189 cm³/mol. The van der Waals surface area contributed by atoms with E-state index in [0.717, 1.165) is 71.9 Å². The zero-order valence-corrected chi connectivity index (χ0v) is 26.9. The number of aryl methyl sites for hydroxylation is 4. The number of nitriles is 1. The van der Waals surface area contributed by atoms with E-state index in [1.54, 1.807) is 18.2 Å². The minimum Gasteiger partial charge on any atom is -0.308 e. The summed E-state index contributed by atoms with van der Waals surface area (Å²) in [5.41, 5.74) is 8.95. The third-order valence-corrected chi connectivity index (χ3v) is 9.39. The second kappa shape index (κ2) is 10.6. The maximum absolute atomic E-state index is 14.5. The van der Waals surface area contributed by atoms with Gasteiger partial charge in [-0.05, 0) is 106 Å².